The van der Waals surface area contributed by atoms with E-state index < -0.39 is 10.8 Å². The van der Waals surface area contributed by atoms with E-state index in [0.29, 0.717) is 5.57 Å². The van der Waals surface area contributed by atoms with Gasteiger partial charge in [-0.2, -0.15) is 0 Å². The molecule has 0 fully saturated rings. The predicted octanol–water partition coefficient (Wildman–Crippen LogP) is 3.04. The van der Waals surface area contributed by atoms with Gasteiger partial charge in [0.05, 0.1) is 4.92 Å². The zero-order chi connectivity index (χ0) is 14.4. The molecule has 0 saturated carbocycles. The summed E-state index contributed by atoms with van der Waals surface area (Å²) >= 11 is 0. The van der Waals surface area contributed by atoms with Crippen LogP contribution in [-0.4, -0.2) is 10.8 Å². The molecule has 0 aliphatic carbocycles. The summed E-state index contributed by atoms with van der Waals surface area (Å²) in [5.41, 5.74) is 7.55. The maximum Gasteiger partial charge on any atom is 0.269 e. The number of primary amides is 1. The third-order valence-electron chi connectivity index (χ3n) is 3.03. The Labute approximate surface area is 112 Å². The number of benzene rings is 1. The quantitative estimate of drug-likeness (QED) is 0.485. The molecule has 19 heavy (non-hydrogen) atoms. The van der Waals surface area contributed by atoms with Crippen molar-refractivity contribution < 1.29 is 9.72 Å². The normalized spacial score (nSPS) is 11.9. The fourth-order valence-electron chi connectivity index (χ4n) is 1.83. The largest absolute Gasteiger partial charge is 0.366 e. The summed E-state index contributed by atoms with van der Waals surface area (Å²) in [6, 6.07) is 6.20. The number of carbonyl (C=O) groups is 1. The van der Waals surface area contributed by atoms with E-state index in [1.54, 1.807) is 19.1 Å². The Balaban J connectivity index is 3.14. The highest BCUT2D eigenvalue weighted by Gasteiger charge is 2.11. The first-order valence-electron chi connectivity index (χ1n) is 6.21. The van der Waals surface area contributed by atoms with Gasteiger partial charge in [-0.25, -0.2) is 0 Å². The van der Waals surface area contributed by atoms with E-state index in [1.165, 1.54) is 12.1 Å². The predicted molar refractivity (Wildman–Crippen MR) is 74.4 cm³/mol. The average molecular weight is 262 g/mol. The molecule has 1 amide bonds. The molecule has 1 rings (SSSR count). The third kappa shape index (κ3) is 3.91. The van der Waals surface area contributed by atoms with Crippen LogP contribution in [0.5, 0.6) is 0 Å². The highest BCUT2D eigenvalue weighted by Crippen LogP contribution is 2.26. The van der Waals surface area contributed by atoms with E-state index in [0.717, 1.165) is 30.4 Å². The summed E-state index contributed by atoms with van der Waals surface area (Å²) in [6.07, 6.45) is 2.68. The first-order chi connectivity index (χ1) is 8.97. The lowest BCUT2D eigenvalue weighted by molar-refractivity contribution is -0.384. The molecule has 0 bridgehead atoms. The lowest BCUT2D eigenvalue weighted by Gasteiger charge is -2.10. The van der Waals surface area contributed by atoms with Crippen molar-refractivity contribution in [2.24, 2.45) is 5.73 Å². The van der Waals surface area contributed by atoms with E-state index in [4.69, 9.17) is 5.73 Å². The molecule has 0 atom stereocenters. The Morgan fingerprint density at radius 1 is 1.32 bits per heavy atom. The standard InChI is InChI=1S/C14H18N2O3/c1-3-4-5-13(10(2)14(15)17)11-6-8-12(9-7-11)16(18)19/h6-9H,3-5H2,1-2H3,(H2,15,17). The average Bonchev–Trinajstić information content (AvgIpc) is 2.39. The van der Waals surface area contributed by atoms with Gasteiger partial charge in [0.25, 0.3) is 5.69 Å². The molecular weight excluding hydrogens is 244 g/mol. The SMILES string of the molecule is CCCCC(=C(C)C(N)=O)c1ccc([N+](=O)[O-])cc1. The number of nitrogens with zero attached hydrogens (tertiary/aromatic N) is 1. The van der Waals surface area contributed by atoms with Crippen LogP contribution in [0.2, 0.25) is 0 Å². The second-order valence-electron chi connectivity index (χ2n) is 4.38. The number of nitro groups is 1. The van der Waals surface area contributed by atoms with Crippen LogP contribution in [0.3, 0.4) is 0 Å². The number of amides is 1. The molecule has 1 aromatic rings. The van der Waals surface area contributed by atoms with Gasteiger partial charge in [0.15, 0.2) is 0 Å². The van der Waals surface area contributed by atoms with Crippen molar-refractivity contribution in [2.45, 2.75) is 33.1 Å². The first kappa shape index (κ1) is 14.9. The second-order valence-corrected chi connectivity index (χ2v) is 4.38. The van der Waals surface area contributed by atoms with E-state index in [-0.39, 0.29) is 5.69 Å². The van der Waals surface area contributed by atoms with E-state index in [2.05, 4.69) is 6.92 Å². The topological polar surface area (TPSA) is 86.2 Å². The number of hydrogen-bond acceptors (Lipinski definition) is 3. The minimum atomic E-state index is -0.454. The number of unbranched alkanes of at least 4 members (excludes halogenated alkanes) is 1. The number of hydrogen-bond donors (Lipinski definition) is 1. The Hall–Kier alpha value is -2.17. The van der Waals surface area contributed by atoms with Gasteiger partial charge in [-0.3, -0.25) is 14.9 Å². The third-order valence-corrected chi connectivity index (χ3v) is 3.03. The van der Waals surface area contributed by atoms with Gasteiger partial charge in [-0.15, -0.1) is 0 Å². The fraction of sp³-hybridized carbons (Fsp3) is 0.357. The highest BCUT2D eigenvalue weighted by atomic mass is 16.6. The molecule has 0 aliphatic heterocycles. The van der Waals surface area contributed by atoms with E-state index in [9.17, 15) is 14.9 Å². The molecule has 0 heterocycles. The van der Waals surface area contributed by atoms with Crippen molar-refractivity contribution in [1.29, 1.82) is 0 Å². The van der Waals surface area contributed by atoms with Crippen molar-refractivity contribution in [2.75, 3.05) is 0 Å². The summed E-state index contributed by atoms with van der Waals surface area (Å²) in [4.78, 5) is 21.5. The van der Waals surface area contributed by atoms with Crippen molar-refractivity contribution in [1.82, 2.24) is 0 Å². The van der Waals surface area contributed by atoms with Crippen LogP contribution in [0.4, 0.5) is 5.69 Å². The highest BCUT2D eigenvalue weighted by molar-refractivity contribution is 5.99. The van der Waals surface area contributed by atoms with Crippen LogP contribution in [0, 0.1) is 10.1 Å². The van der Waals surface area contributed by atoms with E-state index >= 15 is 0 Å². The van der Waals surface area contributed by atoms with Gasteiger partial charge in [0, 0.05) is 17.7 Å². The van der Waals surface area contributed by atoms with Crippen LogP contribution in [-0.2, 0) is 4.79 Å². The Morgan fingerprint density at radius 2 is 1.89 bits per heavy atom. The summed E-state index contributed by atoms with van der Waals surface area (Å²) in [6.45, 7) is 3.75. The van der Waals surface area contributed by atoms with Gasteiger partial charge in [0.2, 0.25) is 5.91 Å². The lowest BCUT2D eigenvalue weighted by atomic mass is 9.95. The van der Waals surface area contributed by atoms with Gasteiger partial charge >= 0.3 is 0 Å². The van der Waals surface area contributed by atoms with Gasteiger partial charge in [-0.05, 0) is 43.0 Å². The summed E-state index contributed by atoms with van der Waals surface area (Å²) in [5.74, 6) is -0.454. The maximum absolute atomic E-state index is 11.3. The van der Waals surface area contributed by atoms with Crippen LogP contribution in [0.25, 0.3) is 5.57 Å². The van der Waals surface area contributed by atoms with Crippen LogP contribution >= 0.6 is 0 Å². The maximum atomic E-state index is 11.3. The van der Waals surface area contributed by atoms with Gasteiger partial charge < -0.3 is 5.73 Å². The number of carbonyl (C=O) groups excluding carboxylic acids is 1. The lowest BCUT2D eigenvalue weighted by Crippen LogP contribution is -2.13. The number of nitro benzene ring substituents is 1. The molecule has 1 aromatic carbocycles. The molecule has 102 valence electrons. The molecule has 5 nitrogen and oxygen atoms in total. The monoisotopic (exact) mass is 262 g/mol. The molecule has 2 N–H and O–H groups in total. The molecule has 0 unspecified atom stereocenters. The van der Waals surface area contributed by atoms with Crippen molar-refractivity contribution in [3.63, 3.8) is 0 Å². The van der Waals surface area contributed by atoms with Crippen LogP contribution in [0.1, 0.15) is 38.7 Å². The summed E-state index contributed by atoms with van der Waals surface area (Å²) in [5, 5.41) is 10.6. The number of rotatable bonds is 6. The molecule has 0 spiro atoms. The smallest absolute Gasteiger partial charge is 0.269 e. The Kier molecular flexibility index (Phi) is 5.23. The fourth-order valence-corrected chi connectivity index (χ4v) is 1.83. The first-order valence-corrected chi connectivity index (χ1v) is 6.21. The molecule has 0 aromatic heterocycles. The molecule has 5 heteroatoms. The summed E-state index contributed by atoms with van der Waals surface area (Å²) in [7, 11) is 0. The molecular formula is C14H18N2O3. The number of allylic oxidation sites excluding steroid dienone is 1. The number of nitrogens with two attached hydrogens (primary N) is 1. The Morgan fingerprint density at radius 3 is 2.32 bits per heavy atom. The van der Waals surface area contributed by atoms with Gasteiger partial charge in [-0.1, -0.05) is 13.3 Å². The second kappa shape index (κ2) is 6.68. The van der Waals surface area contributed by atoms with Crippen molar-refractivity contribution in [3.05, 3.63) is 45.5 Å². The Bertz CT molecular complexity index is 504. The van der Waals surface area contributed by atoms with Crippen LogP contribution < -0.4 is 5.73 Å². The molecule has 0 saturated heterocycles. The molecule has 0 radical (unpaired) electrons. The summed E-state index contributed by atoms with van der Waals surface area (Å²) < 4.78 is 0. The van der Waals surface area contributed by atoms with E-state index in [1.807, 2.05) is 0 Å². The zero-order valence-corrected chi connectivity index (χ0v) is 11.2. The zero-order valence-electron chi connectivity index (χ0n) is 11.2. The van der Waals surface area contributed by atoms with Crippen molar-refractivity contribution >= 4 is 17.2 Å². The van der Waals surface area contributed by atoms with Gasteiger partial charge in [0.1, 0.15) is 0 Å². The number of non-ortho nitro benzene ring substituents is 1. The van der Waals surface area contributed by atoms with Crippen LogP contribution in [0.15, 0.2) is 29.8 Å². The molecule has 0 aliphatic rings. The van der Waals surface area contributed by atoms with Crippen molar-refractivity contribution in [3.8, 4) is 0 Å². The minimum Gasteiger partial charge on any atom is -0.366 e. The minimum absolute atomic E-state index is 0.0373.